The molecule has 0 N–H and O–H groups in total. The van der Waals surface area contributed by atoms with E-state index in [0.717, 1.165) is 23.9 Å². The molecule has 1 aliphatic carbocycles. The Morgan fingerprint density at radius 2 is 1.22 bits per heavy atom. The second-order valence-electron chi connectivity index (χ2n) is 11.9. The molecule has 1 aromatic carbocycles. The number of hydrogen-bond donors (Lipinski definition) is 0. The van der Waals surface area contributed by atoms with E-state index in [4.69, 9.17) is 0 Å². The van der Waals surface area contributed by atoms with Gasteiger partial charge in [-0.3, -0.25) is 0 Å². The van der Waals surface area contributed by atoms with Crippen molar-refractivity contribution in [3.8, 4) is 0 Å². The maximum atomic E-state index is 2.73. The van der Waals surface area contributed by atoms with Crippen molar-refractivity contribution < 1.29 is 16.6 Å². The summed E-state index contributed by atoms with van der Waals surface area (Å²) in [7, 11) is -2.05. The summed E-state index contributed by atoms with van der Waals surface area (Å²) >= 11 is -2.13. The Morgan fingerprint density at radius 1 is 0.781 bits per heavy atom. The summed E-state index contributed by atoms with van der Waals surface area (Å²) in [6.45, 7) is 24.9. The summed E-state index contributed by atoms with van der Waals surface area (Å²) in [4.78, 5) is 0. The van der Waals surface area contributed by atoms with Gasteiger partial charge in [0.15, 0.2) is 0 Å². The van der Waals surface area contributed by atoms with Gasteiger partial charge >= 0.3 is 206 Å². The Kier molecular flexibility index (Phi) is 8.79. The Bertz CT molecular complexity index is 866. The van der Waals surface area contributed by atoms with Crippen LogP contribution in [0.5, 0.6) is 0 Å². The Balaban J connectivity index is 3.15. The third-order valence-corrected chi connectivity index (χ3v) is 21.0. The average molecular weight is 489 g/mol. The predicted molar refractivity (Wildman–Crippen MR) is 147 cm³/mol. The van der Waals surface area contributed by atoms with E-state index in [2.05, 4.69) is 103 Å². The van der Waals surface area contributed by atoms with Crippen LogP contribution in [0.1, 0.15) is 93.2 Å². The molecule has 0 saturated carbocycles. The van der Waals surface area contributed by atoms with E-state index in [-0.39, 0.29) is 5.04 Å². The van der Waals surface area contributed by atoms with Crippen LogP contribution in [0.3, 0.4) is 0 Å². The zero-order valence-corrected chi connectivity index (χ0v) is 26.3. The van der Waals surface area contributed by atoms with Crippen LogP contribution in [0.4, 0.5) is 0 Å². The first kappa shape index (κ1) is 27.9. The van der Waals surface area contributed by atoms with Gasteiger partial charge in [0.1, 0.15) is 0 Å². The molecule has 0 fully saturated rings. The van der Waals surface area contributed by atoms with E-state index in [9.17, 15) is 0 Å². The van der Waals surface area contributed by atoms with Gasteiger partial charge in [0.2, 0.25) is 0 Å². The van der Waals surface area contributed by atoms with Crippen LogP contribution in [0.2, 0.25) is 31.8 Å². The monoisotopic (exact) mass is 488 g/mol. The van der Waals surface area contributed by atoms with Crippen molar-refractivity contribution in [3.05, 3.63) is 49.9 Å². The second kappa shape index (κ2) is 10.1. The van der Waals surface area contributed by atoms with Crippen molar-refractivity contribution in [1.29, 1.82) is 0 Å². The summed E-state index contributed by atoms with van der Waals surface area (Å²) in [5.74, 6) is 0. The summed E-state index contributed by atoms with van der Waals surface area (Å²) in [6, 6.07) is 7.81. The van der Waals surface area contributed by atoms with Crippen LogP contribution in [-0.2, 0) is 29.4 Å². The van der Waals surface area contributed by atoms with E-state index in [0.29, 0.717) is 0 Å². The van der Waals surface area contributed by atoms with Crippen molar-refractivity contribution in [2.24, 2.45) is 0 Å². The molecular weight excluding hydrogens is 436 g/mol. The van der Waals surface area contributed by atoms with Gasteiger partial charge in [-0.05, 0) is 0 Å². The van der Waals surface area contributed by atoms with Gasteiger partial charge in [0, 0.05) is 0 Å². The zero-order chi connectivity index (χ0) is 24.6. The van der Waals surface area contributed by atoms with Crippen molar-refractivity contribution in [2.45, 2.75) is 127 Å². The summed E-state index contributed by atoms with van der Waals surface area (Å²) < 4.78 is 1.92. The van der Waals surface area contributed by atoms with Gasteiger partial charge in [0.25, 0.3) is 0 Å². The van der Waals surface area contributed by atoms with E-state index < -0.39 is 24.7 Å². The first-order valence-corrected chi connectivity index (χ1v) is 20.9. The van der Waals surface area contributed by atoms with Crippen LogP contribution >= 0.6 is 0 Å². The zero-order valence-electron chi connectivity index (χ0n) is 23.7. The predicted octanol–water partition coefficient (Wildman–Crippen LogP) is 9.75. The topological polar surface area (TPSA) is 0 Å². The quantitative estimate of drug-likeness (QED) is 0.303. The number of aryl methyl sites for hydroxylation is 2. The van der Waals surface area contributed by atoms with E-state index in [1.165, 1.54) is 12.8 Å². The molecule has 0 spiro atoms. The van der Waals surface area contributed by atoms with Gasteiger partial charge < -0.3 is 0 Å². The van der Waals surface area contributed by atoms with Crippen molar-refractivity contribution in [1.82, 2.24) is 0 Å². The molecule has 0 heterocycles. The molecule has 32 heavy (non-hydrogen) atoms. The Hall–Kier alpha value is -0.369. The van der Waals surface area contributed by atoms with Crippen molar-refractivity contribution in [3.63, 3.8) is 0 Å². The van der Waals surface area contributed by atoms with E-state index in [1.54, 1.807) is 33.0 Å². The molecule has 0 nitrogen and oxygen atoms in total. The molecule has 2 rings (SSSR count). The fourth-order valence-electron chi connectivity index (χ4n) is 7.62. The molecular formula is C30H52SiTi. The maximum absolute atomic E-state index is 2.73. The summed E-state index contributed by atoms with van der Waals surface area (Å²) in [6.07, 6.45) is 4.82. The molecule has 0 bridgehead atoms. The molecule has 0 aromatic heterocycles. The van der Waals surface area contributed by atoms with Gasteiger partial charge in [-0.25, -0.2) is 0 Å². The molecule has 0 saturated heterocycles. The van der Waals surface area contributed by atoms with Crippen molar-refractivity contribution >= 4 is 13.3 Å². The molecule has 1 aliphatic rings. The van der Waals surface area contributed by atoms with Crippen molar-refractivity contribution in [2.75, 3.05) is 0 Å². The minimum atomic E-state index is -2.13. The Morgan fingerprint density at radius 3 is 1.56 bits per heavy atom. The summed E-state index contributed by atoms with van der Waals surface area (Å²) in [5, 5.41) is 9.92. The second-order valence-corrected chi connectivity index (χ2v) is 25.0. The molecule has 1 aromatic rings. The first-order valence-electron chi connectivity index (χ1n) is 13.3. The first-order chi connectivity index (χ1) is 14.8. The van der Waals surface area contributed by atoms with Crippen LogP contribution in [0, 0.1) is 0 Å². The average Bonchev–Trinajstić information content (AvgIpc) is 2.93. The van der Waals surface area contributed by atoms with Gasteiger partial charge in [0.05, 0.1) is 0 Å². The van der Waals surface area contributed by atoms with Crippen LogP contribution in [-0.4, -0.2) is 8.07 Å². The number of benzene rings is 1. The summed E-state index contributed by atoms with van der Waals surface area (Å²) in [5.41, 5.74) is 9.54. The van der Waals surface area contributed by atoms with Gasteiger partial charge in [-0.2, -0.15) is 0 Å². The number of hydrogen-bond acceptors (Lipinski definition) is 0. The van der Waals surface area contributed by atoms with Gasteiger partial charge in [-0.1, -0.05) is 0 Å². The molecule has 2 heteroatoms. The molecule has 3 unspecified atom stereocenters. The van der Waals surface area contributed by atoms with E-state index in [1.807, 2.05) is 3.88 Å². The standard InChI is InChI=1S/C27H43Si.3CH3.Ti/c1-11-20(6)28(21(7)12-2,27(10)18-19(5)22(8)23(27)9)26-16-24(13-3)15-25(14-4)17-26;;;;/h15-17,20-21H,11-14H2,1-10H3;3*1H3;. The molecule has 3 atom stereocenters. The fourth-order valence-corrected chi connectivity index (χ4v) is 23.0. The third kappa shape index (κ3) is 4.14. The number of allylic oxidation sites excluding steroid dienone is 4. The minimum absolute atomic E-state index is 0.224. The SMILES string of the molecule is CCc1cc(CC)cc([Si](C(C)CC)(C(C)CC)C2(C)C(C)=C(C)C(C)=[C]2[Ti]([CH3])([CH3])[CH3])c1. The normalized spacial score (nSPS) is 23.5. The molecule has 0 aliphatic heterocycles. The third-order valence-electron chi connectivity index (χ3n) is 9.45. The van der Waals surface area contributed by atoms with Crippen LogP contribution in [0.25, 0.3) is 0 Å². The Labute approximate surface area is 205 Å². The van der Waals surface area contributed by atoms with Gasteiger partial charge in [-0.15, -0.1) is 0 Å². The molecule has 0 amide bonds. The number of rotatable bonds is 9. The van der Waals surface area contributed by atoms with Crippen LogP contribution in [0.15, 0.2) is 38.8 Å². The van der Waals surface area contributed by atoms with E-state index >= 15 is 0 Å². The fraction of sp³-hybridized carbons (Fsp3) is 0.667. The molecule has 0 radical (unpaired) electrons. The van der Waals surface area contributed by atoms with Crippen LogP contribution < -0.4 is 5.19 Å². The molecule has 180 valence electrons.